The van der Waals surface area contributed by atoms with Crippen LogP contribution in [0.25, 0.3) is 0 Å². The number of aromatic hydroxyl groups is 1. The van der Waals surface area contributed by atoms with Crippen LogP contribution in [0.1, 0.15) is 19.3 Å². The average Bonchev–Trinajstić information content (AvgIpc) is 3.06. The Morgan fingerprint density at radius 2 is 1.58 bits per heavy atom. The van der Waals surface area contributed by atoms with Crippen molar-refractivity contribution in [2.24, 2.45) is 23.7 Å². The van der Waals surface area contributed by atoms with Gasteiger partial charge in [-0.3, -0.25) is 9.59 Å². The Labute approximate surface area is 111 Å². The summed E-state index contributed by atoms with van der Waals surface area (Å²) in [5.41, 5.74) is 0.339. The summed E-state index contributed by atoms with van der Waals surface area (Å²) >= 11 is 0. The summed E-state index contributed by atoms with van der Waals surface area (Å²) in [5, 5.41) is 9.87. The number of para-hydroxylation sites is 2. The van der Waals surface area contributed by atoms with Gasteiger partial charge in [-0.25, -0.2) is 4.90 Å². The SMILES string of the molecule is O=C1[C@@H]2[C@@H]3CC[C@H](C3)[C@@H]2C(=O)N1c1ccccc1O. The number of imide groups is 1. The highest BCUT2D eigenvalue weighted by molar-refractivity contribution is 6.23. The fourth-order valence-electron chi connectivity index (χ4n) is 4.30. The molecule has 4 heteroatoms. The lowest BCUT2D eigenvalue weighted by Gasteiger charge is -2.19. The monoisotopic (exact) mass is 257 g/mol. The van der Waals surface area contributed by atoms with Gasteiger partial charge in [0.2, 0.25) is 11.8 Å². The quantitative estimate of drug-likeness (QED) is 0.782. The Morgan fingerprint density at radius 1 is 1.00 bits per heavy atom. The topological polar surface area (TPSA) is 57.6 Å². The second kappa shape index (κ2) is 3.59. The third kappa shape index (κ3) is 1.29. The molecule has 3 fully saturated rings. The van der Waals surface area contributed by atoms with E-state index in [-0.39, 0.29) is 29.4 Å². The van der Waals surface area contributed by atoms with Crippen molar-refractivity contribution in [3.05, 3.63) is 24.3 Å². The van der Waals surface area contributed by atoms with Crippen LogP contribution in [0.2, 0.25) is 0 Å². The van der Waals surface area contributed by atoms with Gasteiger partial charge in [0.15, 0.2) is 0 Å². The molecular formula is C15H15NO3. The molecule has 0 radical (unpaired) electrons. The average molecular weight is 257 g/mol. The van der Waals surface area contributed by atoms with Crippen LogP contribution in [0, 0.1) is 23.7 Å². The molecule has 1 N–H and O–H groups in total. The summed E-state index contributed by atoms with van der Waals surface area (Å²) in [6.45, 7) is 0. The van der Waals surface area contributed by atoms with Gasteiger partial charge in [-0.15, -0.1) is 0 Å². The Balaban J connectivity index is 1.78. The van der Waals surface area contributed by atoms with Crippen molar-refractivity contribution in [2.75, 3.05) is 4.90 Å². The van der Waals surface area contributed by atoms with E-state index in [4.69, 9.17) is 0 Å². The molecule has 98 valence electrons. The lowest BCUT2D eigenvalue weighted by atomic mass is 9.81. The number of anilines is 1. The number of hydrogen-bond acceptors (Lipinski definition) is 3. The Morgan fingerprint density at radius 3 is 2.16 bits per heavy atom. The summed E-state index contributed by atoms with van der Waals surface area (Å²) in [7, 11) is 0. The first-order valence-corrected chi connectivity index (χ1v) is 6.84. The van der Waals surface area contributed by atoms with Crippen molar-refractivity contribution in [3.63, 3.8) is 0 Å². The zero-order valence-electron chi connectivity index (χ0n) is 10.5. The molecular weight excluding hydrogens is 242 g/mol. The Kier molecular flexibility index (Phi) is 2.08. The van der Waals surface area contributed by atoms with Gasteiger partial charge in [-0.05, 0) is 43.2 Å². The number of phenols is 1. The van der Waals surface area contributed by atoms with E-state index in [2.05, 4.69) is 0 Å². The maximum Gasteiger partial charge on any atom is 0.238 e. The second-order valence-corrected chi connectivity index (χ2v) is 5.89. The zero-order chi connectivity index (χ0) is 13.1. The number of carbonyl (C=O) groups excluding carboxylic acids is 2. The van der Waals surface area contributed by atoms with Gasteiger partial charge in [0.25, 0.3) is 0 Å². The summed E-state index contributed by atoms with van der Waals surface area (Å²) in [5.74, 6) is 0.269. The molecule has 4 nitrogen and oxygen atoms in total. The van der Waals surface area contributed by atoms with E-state index in [0.717, 1.165) is 19.3 Å². The minimum absolute atomic E-state index is 0.00322. The van der Waals surface area contributed by atoms with Crippen molar-refractivity contribution in [2.45, 2.75) is 19.3 Å². The number of nitrogens with zero attached hydrogens (tertiary/aromatic N) is 1. The molecule has 0 aromatic heterocycles. The molecule has 3 aliphatic rings. The highest BCUT2D eigenvalue weighted by atomic mass is 16.3. The van der Waals surface area contributed by atoms with Gasteiger partial charge in [-0.2, -0.15) is 0 Å². The Bertz CT molecular complexity index is 555. The van der Waals surface area contributed by atoms with Crippen molar-refractivity contribution >= 4 is 17.5 Å². The van der Waals surface area contributed by atoms with Crippen LogP contribution < -0.4 is 4.90 Å². The first-order chi connectivity index (χ1) is 9.18. The van der Waals surface area contributed by atoms with Gasteiger partial charge in [0, 0.05) is 0 Å². The molecule has 2 amide bonds. The molecule has 2 aliphatic carbocycles. The number of rotatable bonds is 1. The van der Waals surface area contributed by atoms with Crippen LogP contribution in [-0.2, 0) is 9.59 Å². The van der Waals surface area contributed by atoms with E-state index in [1.54, 1.807) is 18.2 Å². The highest BCUT2D eigenvalue weighted by Gasteiger charge is 2.61. The third-order valence-corrected chi connectivity index (χ3v) is 5.05. The smallest absolute Gasteiger partial charge is 0.238 e. The summed E-state index contributed by atoms with van der Waals surface area (Å²) in [4.78, 5) is 26.3. The molecule has 1 aliphatic heterocycles. The van der Waals surface area contributed by atoms with E-state index in [9.17, 15) is 14.7 Å². The van der Waals surface area contributed by atoms with Crippen LogP contribution in [0.5, 0.6) is 5.75 Å². The van der Waals surface area contributed by atoms with Crippen LogP contribution in [-0.4, -0.2) is 16.9 Å². The largest absolute Gasteiger partial charge is 0.506 e. The minimum Gasteiger partial charge on any atom is -0.506 e. The van der Waals surface area contributed by atoms with Crippen molar-refractivity contribution < 1.29 is 14.7 Å². The van der Waals surface area contributed by atoms with E-state index in [0.29, 0.717) is 17.5 Å². The fourth-order valence-corrected chi connectivity index (χ4v) is 4.30. The van der Waals surface area contributed by atoms with E-state index < -0.39 is 0 Å². The predicted octanol–water partition coefficient (Wildman–Crippen LogP) is 1.93. The van der Waals surface area contributed by atoms with Crippen LogP contribution in [0.15, 0.2) is 24.3 Å². The molecule has 1 saturated heterocycles. The van der Waals surface area contributed by atoms with Crippen LogP contribution >= 0.6 is 0 Å². The number of phenolic OH excluding ortho intramolecular Hbond substituents is 1. The molecule has 1 heterocycles. The molecule has 2 bridgehead atoms. The molecule has 4 rings (SSSR count). The van der Waals surface area contributed by atoms with Crippen LogP contribution in [0.3, 0.4) is 0 Å². The maximum atomic E-state index is 12.5. The molecule has 4 atom stereocenters. The van der Waals surface area contributed by atoms with Crippen molar-refractivity contribution in [1.82, 2.24) is 0 Å². The number of amides is 2. The lowest BCUT2D eigenvalue weighted by Crippen LogP contribution is -2.32. The van der Waals surface area contributed by atoms with Gasteiger partial charge >= 0.3 is 0 Å². The van der Waals surface area contributed by atoms with Crippen molar-refractivity contribution in [3.8, 4) is 5.75 Å². The zero-order valence-corrected chi connectivity index (χ0v) is 10.5. The molecule has 2 saturated carbocycles. The first kappa shape index (κ1) is 11.0. The molecule has 0 unspecified atom stereocenters. The minimum atomic E-state index is -0.133. The molecule has 0 spiro atoms. The van der Waals surface area contributed by atoms with Gasteiger partial charge in [0.1, 0.15) is 5.75 Å². The summed E-state index contributed by atoms with van der Waals surface area (Å²) in [6, 6.07) is 6.57. The summed E-state index contributed by atoms with van der Waals surface area (Å²) in [6.07, 6.45) is 3.17. The first-order valence-electron chi connectivity index (χ1n) is 6.84. The number of fused-ring (bicyclic) bond motifs is 5. The van der Waals surface area contributed by atoms with Gasteiger partial charge in [0.05, 0.1) is 17.5 Å². The Hall–Kier alpha value is -1.84. The van der Waals surface area contributed by atoms with Crippen LogP contribution in [0.4, 0.5) is 5.69 Å². The summed E-state index contributed by atoms with van der Waals surface area (Å²) < 4.78 is 0. The van der Waals surface area contributed by atoms with E-state index in [1.807, 2.05) is 0 Å². The predicted molar refractivity (Wildman–Crippen MR) is 68.4 cm³/mol. The lowest BCUT2D eigenvalue weighted by molar-refractivity contribution is -0.123. The van der Waals surface area contributed by atoms with E-state index in [1.165, 1.54) is 11.0 Å². The fraction of sp³-hybridized carbons (Fsp3) is 0.467. The van der Waals surface area contributed by atoms with Gasteiger partial charge < -0.3 is 5.11 Å². The second-order valence-electron chi connectivity index (χ2n) is 5.89. The molecule has 1 aromatic rings. The maximum absolute atomic E-state index is 12.5. The standard InChI is InChI=1S/C15H15NO3/c17-11-4-2-1-3-10(11)16-14(18)12-8-5-6-9(7-8)13(12)15(16)19/h1-4,8-9,12-13,17H,5-7H2/t8-,9-,12-,13+/m1/s1. The molecule has 1 aromatic carbocycles. The number of benzene rings is 1. The number of carbonyl (C=O) groups is 2. The number of hydrogen-bond donors (Lipinski definition) is 1. The third-order valence-electron chi connectivity index (χ3n) is 5.05. The van der Waals surface area contributed by atoms with Gasteiger partial charge in [-0.1, -0.05) is 12.1 Å². The van der Waals surface area contributed by atoms with Crippen molar-refractivity contribution in [1.29, 1.82) is 0 Å². The molecule has 19 heavy (non-hydrogen) atoms. The highest BCUT2D eigenvalue weighted by Crippen LogP contribution is 2.57. The van der Waals surface area contributed by atoms with E-state index >= 15 is 0 Å². The normalized spacial score (nSPS) is 36.1.